The summed E-state index contributed by atoms with van der Waals surface area (Å²) in [5.74, 6) is 0. The van der Waals surface area contributed by atoms with Crippen molar-refractivity contribution in [1.82, 2.24) is 9.97 Å². The first-order valence-corrected chi connectivity index (χ1v) is 8.41. The van der Waals surface area contributed by atoms with E-state index in [4.69, 9.17) is 0 Å². The van der Waals surface area contributed by atoms with Crippen molar-refractivity contribution in [2.75, 3.05) is 0 Å². The van der Waals surface area contributed by atoms with Crippen LogP contribution in [0.3, 0.4) is 0 Å². The van der Waals surface area contributed by atoms with Gasteiger partial charge in [-0.3, -0.25) is 0 Å². The van der Waals surface area contributed by atoms with E-state index in [0.29, 0.717) is 0 Å². The van der Waals surface area contributed by atoms with E-state index in [-0.39, 0.29) is 0 Å². The van der Waals surface area contributed by atoms with Crippen LogP contribution in [-0.4, -0.2) is 9.97 Å². The third kappa shape index (κ3) is 2.64. The monoisotopic (exact) mass is 316 g/mol. The Morgan fingerprint density at radius 3 is 2.26 bits per heavy atom. The van der Waals surface area contributed by atoms with E-state index in [0.717, 1.165) is 21.5 Å². The summed E-state index contributed by atoms with van der Waals surface area (Å²) >= 11 is 1.76. The van der Waals surface area contributed by atoms with E-state index in [2.05, 4.69) is 72.3 Å². The summed E-state index contributed by atoms with van der Waals surface area (Å²) in [5, 5.41) is 0. The molecular formula is C20H16N2S. The van der Waals surface area contributed by atoms with Gasteiger partial charge in [0.15, 0.2) is 0 Å². The third-order valence-corrected chi connectivity index (χ3v) is 5.04. The molecule has 23 heavy (non-hydrogen) atoms. The topological polar surface area (TPSA) is 25.8 Å². The van der Waals surface area contributed by atoms with Crippen LogP contribution in [0.4, 0.5) is 0 Å². The van der Waals surface area contributed by atoms with Crippen molar-refractivity contribution in [3.8, 4) is 21.7 Å². The number of hydrogen-bond acceptors (Lipinski definition) is 3. The highest BCUT2D eigenvalue weighted by molar-refractivity contribution is 7.22. The maximum Gasteiger partial charge on any atom is 0.116 e. The Hall–Kier alpha value is -2.52. The quantitative estimate of drug-likeness (QED) is 0.478. The average molecular weight is 316 g/mol. The van der Waals surface area contributed by atoms with Crippen LogP contribution in [0, 0.1) is 13.8 Å². The molecule has 0 N–H and O–H groups in total. The molecule has 0 aliphatic rings. The van der Waals surface area contributed by atoms with Crippen LogP contribution in [0.25, 0.3) is 31.9 Å². The van der Waals surface area contributed by atoms with Gasteiger partial charge in [-0.2, -0.15) is 0 Å². The van der Waals surface area contributed by atoms with Gasteiger partial charge >= 0.3 is 0 Å². The van der Waals surface area contributed by atoms with Crippen molar-refractivity contribution < 1.29 is 0 Å². The van der Waals surface area contributed by atoms with Gasteiger partial charge in [0.05, 0.1) is 15.9 Å². The van der Waals surface area contributed by atoms with E-state index in [1.165, 1.54) is 21.6 Å². The van der Waals surface area contributed by atoms with E-state index in [9.17, 15) is 0 Å². The summed E-state index contributed by atoms with van der Waals surface area (Å²) in [6.45, 7) is 4.25. The second-order valence-electron chi connectivity index (χ2n) is 5.79. The van der Waals surface area contributed by atoms with Gasteiger partial charge in [0, 0.05) is 10.4 Å². The Bertz CT molecular complexity index is 967. The standard InChI is InChI=1S/C20H16N2S/c1-13-8-14(2)10-16(9-13)19-20-17(21-12-22-19)11-18(23-20)15-6-4-3-5-7-15/h3-12H,1-2H3. The van der Waals surface area contributed by atoms with Gasteiger partial charge in [-0.1, -0.05) is 47.5 Å². The summed E-state index contributed by atoms with van der Waals surface area (Å²) < 4.78 is 1.15. The highest BCUT2D eigenvalue weighted by Crippen LogP contribution is 2.37. The van der Waals surface area contributed by atoms with Crippen LogP contribution in [0.1, 0.15) is 11.1 Å². The molecule has 0 radical (unpaired) electrons. The molecule has 4 aromatic rings. The molecule has 0 spiro atoms. The van der Waals surface area contributed by atoms with Crippen molar-refractivity contribution in [3.63, 3.8) is 0 Å². The van der Waals surface area contributed by atoms with Crippen LogP contribution in [-0.2, 0) is 0 Å². The molecule has 0 atom stereocenters. The van der Waals surface area contributed by atoms with E-state index in [1.54, 1.807) is 17.7 Å². The number of benzene rings is 2. The molecule has 0 saturated carbocycles. The molecule has 0 aliphatic heterocycles. The fraction of sp³-hybridized carbons (Fsp3) is 0.100. The lowest BCUT2D eigenvalue weighted by Gasteiger charge is -2.05. The molecule has 2 aromatic heterocycles. The van der Waals surface area contributed by atoms with Crippen LogP contribution in [0.2, 0.25) is 0 Å². The fourth-order valence-electron chi connectivity index (χ4n) is 2.92. The van der Waals surface area contributed by atoms with Gasteiger partial charge in [0.1, 0.15) is 6.33 Å². The van der Waals surface area contributed by atoms with Crippen LogP contribution < -0.4 is 0 Å². The van der Waals surface area contributed by atoms with Crippen molar-refractivity contribution >= 4 is 21.6 Å². The van der Waals surface area contributed by atoms with Crippen molar-refractivity contribution in [2.45, 2.75) is 13.8 Å². The zero-order valence-corrected chi connectivity index (χ0v) is 13.9. The number of aromatic nitrogens is 2. The van der Waals surface area contributed by atoms with Crippen LogP contribution in [0.5, 0.6) is 0 Å². The molecule has 3 heteroatoms. The first-order valence-electron chi connectivity index (χ1n) is 7.59. The van der Waals surface area contributed by atoms with Gasteiger partial charge in [0.25, 0.3) is 0 Å². The average Bonchev–Trinajstić information content (AvgIpc) is 2.99. The smallest absolute Gasteiger partial charge is 0.116 e. The summed E-state index contributed by atoms with van der Waals surface area (Å²) in [5.41, 5.74) is 6.93. The van der Waals surface area contributed by atoms with E-state index in [1.807, 2.05) is 6.07 Å². The minimum Gasteiger partial charge on any atom is -0.235 e. The van der Waals surface area contributed by atoms with E-state index < -0.39 is 0 Å². The Balaban J connectivity index is 1.93. The molecule has 0 bridgehead atoms. The molecular weight excluding hydrogens is 300 g/mol. The molecule has 2 aromatic carbocycles. The molecule has 2 heterocycles. The fourth-order valence-corrected chi connectivity index (χ4v) is 4.04. The molecule has 112 valence electrons. The predicted molar refractivity (Wildman–Crippen MR) is 97.8 cm³/mol. The van der Waals surface area contributed by atoms with Gasteiger partial charge in [-0.15, -0.1) is 11.3 Å². The lowest BCUT2D eigenvalue weighted by Crippen LogP contribution is -1.87. The van der Waals surface area contributed by atoms with Crippen molar-refractivity contribution in [3.05, 3.63) is 72.1 Å². The Labute approximate surface area is 139 Å². The number of fused-ring (bicyclic) bond motifs is 1. The predicted octanol–water partition coefficient (Wildman–Crippen LogP) is 5.64. The van der Waals surface area contributed by atoms with Gasteiger partial charge in [0.2, 0.25) is 0 Å². The summed E-state index contributed by atoms with van der Waals surface area (Å²) in [6, 6.07) is 19.2. The number of hydrogen-bond donors (Lipinski definition) is 0. The summed E-state index contributed by atoms with van der Waals surface area (Å²) in [7, 11) is 0. The first-order chi connectivity index (χ1) is 11.2. The van der Waals surface area contributed by atoms with Gasteiger partial charge in [-0.25, -0.2) is 9.97 Å². The number of nitrogens with zero attached hydrogens (tertiary/aromatic N) is 2. The third-order valence-electron chi connectivity index (χ3n) is 3.86. The maximum absolute atomic E-state index is 4.57. The van der Waals surface area contributed by atoms with Crippen LogP contribution >= 0.6 is 11.3 Å². The van der Waals surface area contributed by atoms with Crippen molar-refractivity contribution in [1.29, 1.82) is 0 Å². The maximum atomic E-state index is 4.57. The number of rotatable bonds is 2. The highest BCUT2D eigenvalue weighted by Gasteiger charge is 2.12. The number of aryl methyl sites for hydroxylation is 2. The molecule has 0 saturated heterocycles. The zero-order valence-electron chi connectivity index (χ0n) is 13.1. The SMILES string of the molecule is Cc1cc(C)cc(-c2ncnc3cc(-c4ccccc4)sc23)c1. The number of thiophene rings is 1. The molecule has 0 aliphatic carbocycles. The minimum absolute atomic E-state index is 1.01. The summed E-state index contributed by atoms with van der Waals surface area (Å²) in [4.78, 5) is 10.3. The lowest BCUT2D eigenvalue weighted by atomic mass is 10.0. The minimum atomic E-state index is 1.01. The van der Waals surface area contributed by atoms with Crippen LogP contribution in [0.15, 0.2) is 60.9 Å². The Kier molecular flexibility index (Phi) is 3.43. The molecule has 0 amide bonds. The molecule has 0 fully saturated rings. The lowest BCUT2D eigenvalue weighted by molar-refractivity contribution is 1.23. The second kappa shape index (κ2) is 5.60. The van der Waals surface area contributed by atoms with E-state index >= 15 is 0 Å². The summed E-state index contributed by atoms with van der Waals surface area (Å²) in [6.07, 6.45) is 1.66. The molecule has 0 unspecified atom stereocenters. The van der Waals surface area contributed by atoms with Gasteiger partial charge < -0.3 is 0 Å². The zero-order chi connectivity index (χ0) is 15.8. The highest BCUT2D eigenvalue weighted by atomic mass is 32.1. The molecule has 2 nitrogen and oxygen atoms in total. The normalized spacial score (nSPS) is 11.0. The largest absolute Gasteiger partial charge is 0.235 e. The van der Waals surface area contributed by atoms with Gasteiger partial charge in [-0.05, 0) is 37.6 Å². The first kappa shape index (κ1) is 14.1. The molecule has 4 rings (SSSR count). The van der Waals surface area contributed by atoms with Crippen molar-refractivity contribution in [2.24, 2.45) is 0 Å². The Morgan fingerprint density at radius 2 is 1.52 bits per heavy atom. The Morgan fingerprint density at radius 1 is 0.783 bits per heavy atom. The second-order valence-corrected chi connectivity index (χ2v) is 6.84.